The molecular formula is C49H62O21S3. The number of fused-ring (bicyclic) bond motifs is 5. The number of aliphatic hydroxyl groups is 5. The van der Waals surface area contributed by atoms with Gasteiger partial charge in [-0.15, -0.1) is 0 Å². The van der Waals surface area contributed by atoms with Crippen LogP contribution in [0, 0.1) is 28.6 Å². The molecule has 0 amide bonds. The van der Waals surface area contributed by atoms with Gasteiger partial charge in [0.15, 0.2) is 0 Å². The third kappa shape index (κ3) is 15.3. The van der Waals surface area contributed by atoms with Gasteiger partial charge in [0.25, 0.3) is 0 Å². The number of rotatable bonds is 27. The van der Waals surface area contributed by atoms with Crippen LogP contribution in [0.25, 0.3) is 0 Å². The maximum absolute atomic E-state index is 14.3. The summed E-state index contributed by atoms with van der Waals surface area (Å²) in [6.45, 7) is 3.28. The molecule has 2 saturated carbocycles. The van der Waals surface area contributed by atoms with E-state index in [9.17, 15) is 69.0 Å². The van der Waals surface area contributed by atoms with Crippen molar-refractivity contribution in [3.8, 4) is 0 Å². The van der Waals surface area contributed by atoms with Crippen molar-refractivity contribution >= 4 is 79.2 Å². The second-order valence-corrected chi connectivity index (χ2v) is 23.3. The van der Waals surface area contributed by atoms with E-state index in [1.807, 2.05) is 0 Å². The SMILES string of the molecule is CC(O)COC(=O)c1cc(C(=O)OCC(C)O)c(C(=O)OCC(C)(COC(=O)CC(C(=O)OCC(C)O)C(CC(=O)OCC(O)c2ccccc2)C(=O)OCC(C)O)C23CCC(C2)C2SSSC23)cc1C(=O)O. The van der Waals surface area contributed by atoms with Gasteiger partial charge in [0.1, 0.15) is 52.4 Å². The van der Waals surface area contributed by atoms with Gasteiger partial charge in [0.2, 0.25) is 0 Å². The molecule has 2 aliphatic carbocycles. The predicted molar refractivity (Wildman–Crippen MR) is 261 cm³/mol. The monoisotopic (exact) mass is 1080 g/mol. The second-order valence-electron chi connectivity index (χ2n) is 18.9. The summed E-state index contributed by atoms with van der Waals surface area (Å²) in [6, 6.07) is 9.76. The van der Waals surface area contributed by atoms with E-state index in [2.05, 4.69) is 0 Å². The van der Waals surface area contributed by atoms with Crippen molar-refractivity contribution in [3.63, 3.8) is 0 Å². The molecule has 1 saturated heterocycles. The molecule has 1 heterocycles. The molecule has 0 aromatic heterocycles. The first kappa shape index (κ1) is 58.9. The summed E-state index contributed by atoms with van der Waals surface area (Å²) in [5, 5.41) is 60.3. The van der Waals surface area contributed by atoms with Gasteiger partial charge in [-0.25, -0.2) is 19.2 Å². The van der Waals surface area contributed by atoms with E-state index in [0.29, 0.717) is 18.4 Å². The van der Waals surface area contributed by atoms with E-state index < -0.39 is 182 Å². The van der Waals surface area contributed by atoms with Crippen LogP contribution < -0.4 is 0 Å². The molecule has 6 N–H and O–H groups in total. The number of hydrogen-bond donors (Lipinski definition) is 6. The molecule has 3 fully saturated rings. The number of benzene rings is 2. The van der Waals surface area contributed by atoms with Crippen molar-refractivity contribution in [2.24, 2.45) is 28.6 Å². The highest BCUT2D eigenvalue weighted by atomic mass is 33.5. The molecular weight excluding hydrogens is 1020 g/mol. The molecule has 1 aliphatic heterocycles. The molecule has 402 valence electrons. The summed E-state index contributed by atoms with van der Waals surface area (Å²) in [5.41, 5.74) is -4.15. The fourth-order valence-corrected chi connectivity index (χ4v) is 16.1. The quantitative estimate of drug-likeness (QED) is 0.0420. The number of aromatic carboxylic acids is 1. The zero-order valence-corrected chi connectivity index (χ0v) is 43.3. The van der Waals surface area contributed by atoms with Crippen LogP contribution in [0.4, 0.5) is 0 Å². The smallest absolute Gasteiger partial charge is 0.339 e. The fraction of sp³-hybridized carbons (Fsp3) is 0.592. The number of aliphatic hydroxyl groups excluding tert-OH is 5. The van der Waals surface area contributed by atoms with Crippen LogP contribution in [-0.2, 0) is 52.3 Å². The zero-order chi connectivity index (χ0) is 53.8. The van der Waals surface area contributed by atoms with Crippen molar-refractivity contribution in [1.29, 1.82) is 0 Å². The molecule has 0 radical (unpaired) electrons. The Labute approximate surface area is 432 Å². The standard InChI is InChI=1S/C49H62O21S3/c1-25(50)18-65-43(59)32-14-34(44(60)66-19-26(2)51)33(13-31(32)42(57)58)47(63)70-24-48(5,49-12-11-30(17-49)40-41(49)72-73-71-40)23-69-39(56)16-36(46(62)68-21-28(4)53)35(45(61)67-20-27(3)52)15-38(55)64-22-37(54)29-9-7-6-8-10-29/h6-10,13-14,25-28,30,35-37,40-41,50-54H,11-12,15-24H2,1-5H3,(H,57,58). The maximum Gasteiger partial charge on any atom is 0.339 e. The Hall–Kier alpha value is -4.95. The molecule has 24 heteroatoms. The number of ether oxygens (including phenoxy) is 7. The van der Waals surface area contributed by atoms with E-state index >= 15 is 0 Å². The van der Waals surface area contributed by atoms with E-state index in [4.69, 9.17) is 33.2 Å². The highest BCUT2D eigenvalue weighted by molar-refractivity contribution is 9.11. The van der Waals surface area contributed by atoms with Gasteiger partial charge in [0, 0.05) is 15.9 Å². The van der Waals surface area contributed by atoms with Crippen LogP contribution in [0.3, 0.4) is 0 Å². The maximum atomic E-state index is 14.3. The summed E-state index contributed by atoms with van der Waals surface area (Å²) in [4.78, 5) is 108. The topological polar surface area (TPSA) is 323 Å². The largest absolute Gasteiger partial charge is 0.478 e. The van der Waals surface area contributed by atoms with Gasteiger partial charge in [-0.3, -0.25) is 19.2 Å². The third-order valence-electron chi connectivity index (χ3n) is 12.8. The molecule has 2 aromatic carbocycles. The van der Waals surface area contributed by atoms with Crippen LogP contribution >= 0.6 is 31.4 Å². The number of esters is 7. The van der Waals surface area contributed by atoms with E-state index in [1.54, 1.807) is 68.7 Å². The number of carbonyl (C=O) groups excluding carboxylic acids is 7. The first-order valence-corrected chi connectivity index (χ1v) is 27.1. The van der Waals surface area contributed by atoms with Crippen molar-refractivity contribution < 1.29 is 102 Å². The lowest BCUT2D eigenvalue weighted by molar-refractivity contribution is -0.171. The molecule has 12 unspecified atom stereocenters. The van der Waals surface area contributed by atoms with Gasteiger partial charge in [-0.1, -0.05) is 58.8 Å². The first-order chi connectivity index (χ1) is 34.5. The van der Waals surface area contributed by atoms with E-state index in [-0.39, 0.29) is 16.4 Å². The Balaban J connectivity index is 1.46. The third-order valence-corrected chi connectivity index (χ3v) is 18.1. The van der Waals surface area contributed by atoms with Gasteiger partial charge in [0.05, 0.1) is 71.3 Å². The average Bonchev–Trinajstić information content (AvgIpc) is 4.11. The Morgan fingerprint density at radius 3 is 1.60 bits per heavy atom. The molecule has 5 rings (SSSR count). The lowest BCUT2D eigenvalue weighted by Gasteiger charge is -2.48. The summed E-state index contributed by atoms with van der Waals surface area (Å²) >= 11 is 0. The molecule has 0 spiro atoms. The molecule has 2 bridgehead atoms. The minimum atomic E-state index is -1.80. The Morgan fingerprint density at radius 1 is 0.616 bits per heavy atom. The molecule has 3 aliphatic rings. The predicted octanol–water partition coefficient (Wildman–Crippen LogP) is 3.88. The van der Waals surface area contributed by atoms with Crippen molar-refractivity contribution in [1.82, 2.24) is 0 Å². The van der Waals surface area contributed by atoms with Gasteiger partial charge in [-0.2, -0.15) is 0 Å². The number of carboxylic acids is 1. The fourth-order valence-electron chi connectivity index (χ4n) is 9.02. The van der Waals surface area contributed by atoms with E-state index in [1.165, 1.54) is 27.7 Å². The van der Waals surface area contributed by atoms with Crippen molar-refractivity contribution in [2.45, 2.75) is 108 Å². The lowest BCUT2D eigenvalue weighted by Crippen LogP contribution is -2.51. The second kappa shape index (κ2) is 26.5. The molecule has 12 atom stereocenters. The lowest BCUT2D eigenvalue weighted by atomic mass is 9.62. The highest BCUT2D eigenvalue weighted by Crippen LogP contribution is 2.74. The minimum Gasteiger partial charge on any atom is -0.478 e. The van der Waals surface area contributed by atoms with Crippen LogP contribution in [0.1, 0.15) is 120 Å². The van der Waals surface area contributed by atoms with Crippen LogP contribution in [0.15, 0.2) is 42.5 Å². The first-order valence-electron chi connectivity index (χ1n) is 23.5. The summed E-state index contributed by atoms with van der Waals surface area (Å²) in [5.74, 6) is -13.3. The molecule has 73 heavy (non-hydrogen) atoms. The Bertz CT molecular complexity index is 2310. The molecule has 21 nitrogen and oxygen atoms in total. The normalized spacial score (nSPS) is 22.4. The summed E-state index contributed by atoms with van der Waals surface area (Å²) in [7, 11) is 4.93. The van der Waals surface area contributed by atoms with Gasteiger partial charge < -0.3 is 63.8 Å². The van der Waals surface area contributed by atoms with Crippen LogP contribution in [0.2, 0.25) is 0 Å². The van der Waals surface area contributed by atoms with Gasteiger partial charge >= 0.3 is 47.8 Å². The number of carbonyl (C=O) groups is 8. The van der Waals surface area contributed by atoms with Crippen LogP contribution in [0.5, 0.6) is 0 Å². The average molecular weight is 1080 g/mol. The summed E-state index contributed by atoms with van der Waals surface area (Å²) in [6.07, 6.45) is -5.65. The van der Waals surface area contributed by atoms with Gasteiger partial charge in [-0.05, 0) is 85.8 Å². The van der Waals surface area contributed by atoms with Crippen LogP contribution in [-0.4, -0.2) is 160 Å². The van der Waals surface area contributed by atoms with Crippen molar-refractivity contribution in [3.05, 3.63) is 70.3 Å². The molecule has 2 aromatic rings. The minimum absolute atomic E-state index is 0.0390. The number of carboxylic acid groups (broad SMARTS) is 1. The zero-order valence-electron chi connectivity index (χ0n) is 40.8. The summed E-state index contributed by atoms with van der Waals surface area (Å²) < 4.78 is 37.9. The highest BCUT2D eigenvalue weighted by Gasteiger charge is 2.67. The Kier molecular flexibility index (Phi) is 21.4. The van der Waals surface area contributed by atoms with Crippen molar-refractivity contribution in [2.75, 3.05) is 46.2 Å². The van der Waals surface area contributed by atoms with E-state index in [0.717, 1.165) is 18.6 Å². The Morgan fingerprint density at radius 2 is 1.08 bits per heavy atom. The number of hydrogen-bond acceptors (Lipinski definition) is 23.